The van der Waals surface area contributed by atoms with Crippen LogP contribution in [0.25, 0.3) is 11.1 Å². The zero-order valence-corrected chi connectivity index (χ0v) is 17.0. The summed E-state index contributed by atoms with van der Waals surface area (Å²) in [7, 11) is 0. The molecule has 1 aliphatic rings. The highest BCUT2D eigenvalue weighted by atomic mass is 35.5. The maximum absolute atomic E-state index is 12.9. The van der Waals surface area contributed by atoms with Crippen LogP contribution in [0.3, 0.4) is 0 Å². The van der Waals surface area contributed by atoms with Gasteiger partial charge in [0.25, 0.3) is 0 Å². The maximum Gasteiger partial charge on any atom is 0.231 e. The summed E-state index contributed by atoms with van der Waals surface area (Å²) < 4.78 is 5.73. The molecule has 4 rings (SSSR count). The van der Waals surface area contributed by atoms with E-state index >= 15 is 0 Å². The molecule has 0 saturated carbocycles. The SMILES string of the molecule is Cc1ccc(NC(=O)[C@H]2CCCN(c3ncnc4oc(C)c(C)c34)C2)c(Cl)c1. The highest BCUT2D eigenvalue weighted by Crippen LogP contribution is 2.33. The van der Waals surface area contributed by atoms with E-state index < -0.39 is 0 Å². The first-order chi connectivity index (χ1) is 13.4. The highest BCUT2D eigenvalue weighted by molar-refractivity contribution is 6.33. The molecule has 6 nitrogen and oxygen atoms in total. The lowest BCUT2D eigenvalue weighted by atomic mass is 9.96. The Labute approximate surface area is 168 Å². The highest BCUT2D eigenvalue weighted by Gasteiger charge is 2.29. The van der Waals surface area contributed by atoms with Crippen molar-refractivity contribution in [1.82, 2.24) is 9.97 Å². The smallest absolute Gasteiger partial charge is 0.231 e. The van der Waals surface area contributed by atoms with Crippen LogP contribution >= 0.6 is 11.6 Å². The van der Waals surface area contributed by atoms with Crippen molar-refractivity contribution in [2.75, 3.05) is 23.3 Å². The Kier molecular flexibility index (Phi) is 4.98. The Bertz CT molecular complexity index is 1050. The average Bonchev–Trinajstić information content (AvgIpc) is 2.98. The number of hydrogen-bond acceptors (Lipinski definition) is 5. The van der Waals surface area contributed by atoms with Crippen LogP contribution in [0.2, 0.25) is 5.02 Å². The normalized spacial score (nSPS) is 17.1. The first-order valence-corrected chi connectivity index (χ1v) is 9.84. The van der Waals surface area contributed by atoms with Gasteiger partial charge in [-0.3, -0.25) is 4.79 Å². The van der Waals surface area contributed by atoms with E-state index in [1.54, 1.807) is 0 Å². The number of halogens is 1. The number of anilines is 2. The van der Waals surface area contributed by atoms with Crippen LogP contribution in [0.5, 0.6) is 0 Å². The summed E-state index contributed by atoms with van der Waals surface area (Å²) in [4.78, 5) is 23.8. The molecule has 0 bridgehead atoms. The molecule has 1 fully saturated rings. The number of benzene rings is 1. The van der Waals surface area contributed by atoms with Gasteiger partial charge in [0.2, 0.25) is 11.6 Å². The standard InChI is InChI=1S/C21H23ClN4O2/c1-12-6-7-17(16(22)9-12)25-20(27)15-5-4-8-26(10-15)19-18-13(2)14(3)28-21(18)24-11-23-19/h6-7,9,11,15H,4-5,8,10H2,1-3H3,(H,25,27)/t15-/m0/s1. The Morgan fingerprint density at radius 1 is 1.29 bits per heavy atom. The molecule has 0 spiro atoms. The third kappa shape index (κ3) is 3.44. The zero-order valence-electron chi connectivity index (χ0n) is 16.3. The van der Waals surface area contributed by atoms with Crippen molar-refractivity contribution >= 4 is 40.1 Å². The summed E-state index contributed by atoms with van der Waals surface area (Å²) in [5.41, 5.74) is 3.35. The van der Waals surface area contributed by atoms with E-state index in [1.165, 1.54) is 6.33 Å². The van der Waals surface area contributed by atoms with E-state index in [9.17, 15) is 4.79 Å². The van der Waals surface area contributed by atoms with E-state index in [-0.39, 0.29) is 11.8 Å². The van der Waals surface area contributed by atoms with Crippen LogP contribution in [0.15, 0.2) is 28.9 Å². The molecule has 1 saturated heterocycles. The van der Waals surface area contributed by atoms with E-state index in [0.29, 0.717) is 23.0 Å². The molecule has 7 heteroatoms. The largest absolute Gasteiger partial charge is 0.443 e. The van der Waals surface area contributed by atoms with Gasteiger partial charge in [-0.25, -0.2) is 9.97 Å². The molecule has 3 heterocycles. The Hall–Kier alpha value is -2.60. The summed E-state index contributed by atoms with van der Waals surface area (Å²) in [6.45, 7) is 7.37. The van der Waals surface area contributed by atoms with Gasteiger partial charge in [-0.2, -0.15) is 0 Å². The fourth-order valence-electron chi connectivity index (χ4n) is 3.74. The van der Waals surface area contributed by atoms with Crippen molar-refractivity contribution in [2.24, 2.45) is 5.92 Å². The summed E-state index contributed by atoms with van der Waals surface area (Å²) in [6.07, 6.45) is 3.28. The van der Waals surface area contributed by atoms with Crippen molar-refractivity contribution in [3.05, 3.63) is 46.4 Å². The second-order valence-corrected chi connectivity index (χ2v) is 7.83. The third-order valence-electron chi connectivity index (χ3n) is 5.42. The topological polar surface area (TPSA) is 71.3 Å². The van der Waals surface area contributed by atoms with Crippen LogP contribution in [0.4, 0.5) is 11.5 Å². The van der Waals surface area contributed by atoms with Crippen molar-refractivity contribution in [2.45, 2.75) is 33.6 Å². The number of piperidine rings is 1. The molecule has 1 aromatic carbocycles. The molecule has 1 aliphatic heterocycles. The number of fused-ring (bicyclic) bond motifs is 1. The molecular weight excluding hydrogens is 376 g/mol. The first-order valence-electron chi connectivity index (χ1n) is 9.46. The molecular formula is C21H23ClN4O2. The number of aromatic nitrogens is 2. The fourth-order valence-corrected chi connectivity index (χ4v) is 4.03. The van der Waals surface area contributed by atoms with Gasteiger partial charge >= 0.3 is 0 Å². The number of carbonyl (C=O) groups is 1. The lowest BCUT2D eigenvalue weighted by Crippen LogP contribution is -2.41. The van der Waals surface area contributed by atoms with Crippen LogP contribution in [0.1, 0.15) is 29.7 Å². The van der Waals surface area contributed by atoms with Crippen LogP contribution in [-0.2, 0) is 4.79 Å². The van der Waals surface area contributed by atoms with E-state index in [0.717, 1.165) is 47.5 Å². The molecule has 0 unspecified atom stereocenters. The molecule has 0 radical (unpaired) electrons. The minimum atomic E-state index is -0.135. The molecule has 28 heavy (non-hydrogen) atoms. The van der Waals surface area contributed by atoms with Crippen LogP contribution < -0.4 is 10.2 Å². The Morgan fingerprint density at radius 3 is 2.89 bits per heavy atom. The van der Waals surface area contributed by atoms with Gasteiger partial charge in [0.15, 0.2) is 0 Å². The number of amides is 1. The Morgan fingerprint density at radius 2 is 2.11 bits per heavy atom. The quantitative estimate of drug-likeness (QED) is 0.694. The molecule has 1 N–H and O–H groups in total. The van der Waals surface area contributed by atoms with Crippen molar-refractivity contribution in [3.63, 3.8) is 0 Å². The van der Waals surface area contributed by atoms with Crippen molar-refractivity contribution in [3.8, 4) is 0 Å². The Balaban J connectivity index is 1.56. The summed E-state index contributed by atoms with van der Waals surface area (Å²) in [5, 5.41) is 4.47. The minimum absolute atomic E-state index is 0.0131. The summed E-state index contributed by atoms with van der Waals surface area (Å²) in [5.74, 6) is 1.53. The number of nitrogens with one attached hydrogen (secondary N) is 1. The van der Waals surface area contributed by atoms with Gasteiger partial charge in [-0.1, -0.05) is 17.7 Å². The minimum Gasteiger partial charge on any atom is -0.443 e. The molecule has 3 aromatic rings. The number of carbonyl (C=O) groups excluding carboxylic acids is 1. The average molecular weight is 399 g/mol. The van der Waals surface area contributed by atoms with Gasteiger partial charge in [-0.05, 0) is 51.3 Å². The number of rotatable bonds is 3. The van der Waals surface area contributed by atoms with Gasteiger partial charge in [0.05, 0.1) is 22.0 Å². The molecule has 2 aromatic heterocycles. The number of furan rings is 1. The molecule has 0 aliphatic carbocycles. The first kappa shape index (κ1) is 18.7. The van der Waals surface area contributed by atoms with Crippen LogP contribution in [0, 0.1) is 26.7 Å². The predicted molar refractivity (Wildman–Crippen MR) is 111 cm³/mol. The third-order valence-corrected chi connectivity index (χ3v) is 5.73. The van der Waals surface area contributed by atoms with Gasteiger partial charge < -0.3 is 14.6 Å². The number of aryl methyl sites for hydroxylation is 3. The lowest BCUT2D eigenvalue weighted by Gasteiger charge is -2.33. The molecule has 146 valence electrons. The van der Waals surface area contributed by atoms with Crippen molar-refractivity contribution in [1.29, 1.82) is 0 Å². The summed E-state index contributed by atoms with van der Waals surface area (Å²) >= 11 is 6.27. The monoisotopic (exact) mass is 398 g/mol. The second-order valence-electron chi connectivity index (χ2n) is 7.42. The lowest BCUT2D eigenvalue weighted by molar-refractivity contribution is -0.120. The van der Waals surface area contributed by atoms with Crippen LogP contribution in [-0.4, -0.2) is 29.0 Å². The predicted octanol–water partition coefficient (Wildman–Crippen LogP) is 4.66. The van der Waals surface area contributed by atoms with E-state index in [4.69, 9.17) is 16.0 Å². The van der Waals surface area contributed by atoms with Crippen molar-refractivity contribution < 1.29 is 9.21 Å². The zero-order chi connectivity index (χ0) is 19.8. The van der Waals surface area contributed by atoms with E-state index in [1.807, 2.05) is 39.0 Å². The summed E-state index contributed by atoms with van der Waals surface area (Å²) in [6, 6.07) is 5.64. The second kappa shape index (κ2) is 7.43. The van der Waals surface area contributed by atoms with E-state index in [2.05, 4.69) is 20.2 Å². The maximum atomic E-state index is 12.9. The number of hydrogen-bond donors (Lipinski definition) is 1. The van der Waals surface area contributed by atoms with Gasteiger partial charge in [0.1, 0.15) is 17.9 Å². The number of nitrogens with zero attached hydrogens (tertiary/aromatic N) is 3. The van der Waals surface area contributed by atoms with Gasteiger partial charge in [0, 0.05) is 18.7 Å². The molecule has 1 atom stereocenters. The molecule has 1 amide bonds. The fraction of sp³-hybridized carbons (Fsp3) is 0.381. The van der Waals surface area contributed by atoms with Gasteiger partial charge in [-0.15, -0.1) is 0 Å².